The van der Waals surface area contributed by atoms with Gasteiger partial charge in [0.1, 0.15) is 30.2 Å². The zero-order valence-electron chi connectivity index (χ0n) is 17.6. The molecule has 1 aliphatic heterocycles. The minimum absolute atomic E-state index is 0.112. The van der Waals surface area contributed by atoms with E-state index < -0.39 is 44.9 Å². The molecule has 4 heterocycles. The average Bonchev–Trinajstić information content (AvgIpc) is 3.39. The molecule has 5 N–H and O–H groups in total. The Morgan fingerprint density at radius 3 is 2.71 bits per heavy atom. The highest BCUT2D eigenvalue weighted by Gasteiger charge is 2.45. The molecule has 15 nitrogen and oxygen atoms in total. The van der Waals surface area contributed by atoms with Crippen LogP contribution < -0.4 is 5.73 Å². The Bertz CT molecular complexity index is 1470. The lowest BCUT2D eigenvalue weighted by Gasteiger charge is -2.17. The van der Waals surface area contributed by atoms with Crippen molar-refractivity contribution < 1.29 is 38.3 Å². The molecule has 35 heavy (non-hydrogen) atoms. The largest absolute Gasteiger partial charge is 0.529 e. The van der Waals surface area contributed by atoms with Gasteiger partial charge in [0.2, 0.25) is 0 Å². The van der Waals surface area contributed by atoms with E-state index in [1.165, 1.54) is 17.2 Å². The van der Waals surface area contributed by atoms with Gasteiger partial charge in [-0.25, -0.2) is 29.3 Å². The Morgan fingerprint density at radius 1 is 1.14 bits per heavy atom. The van der Waals surface area contributed by atoms with Crippen molar-refractivity contribution in [3.05, 3.63) is 48.8 Å². The summed E-state index contributed by atoms with van der Waals surface area (Å²) in [6.07, 6.45) is -1.81. The molecule has 1 saturated heterocycles. The van der Waals surface area contributed by atoms with Crippen LogP contribution in [0.15, 0.2) is 43.1 Å². The van der Waals surface area contributed by atoms with Gasteiger partial charge in [-0.05, 0) is 12.1 Å². The predicted molar refractivity (Wildman–Crippen MR) is 116 cm³/mol. The van der Waals surface area contributed by atoms with Crippen LogP contribution in [0.1, 0.15) is 16.7 Å². The van der Waals surface area contributed by atoms with Crippen LogP contribution in [0.25, 0.3) is 22.2 Å². The molecule has 5 atom stereocenters. The second-order valence-electron chi connectivity index (χ2n) is 7.52. The third-order valence-corrected chi connectivity index (χ3v) is 6.13. The van der Waals surface area contributed by atoms with E-state index in [-0.39, 0.29) is 22.7 Å². The molecule has 4 aromatic rings. The number of fused-ring (bicyclic) bond motifs is 2. The molecule has 0 saturated carbocycles. The number of phosphoric acid groups is 1. The molecule has 0 amide bonds. The van der Waals surface area contributed by atoms with E-state index in [2.05, 4.69) is 29.4 Å². The van der Waals surface area contributed by atoms with Crippen molar-refractivity contribution in [1.82, 2.24) is 29.5 Å². The lowest BCUT2D eigenvalue weighted by atomic mass is 10.1. The van der Waals surface area contributed by atoms with Gasteiger partial charge in [-0.1, -0.05) is 12.1 Å². The number of aliphatic hydroxyl groups is 2. The standard InChI is InChI=1S/C19H18N7O8P/c20-16-13-17(23-7-22-16)26(8-24-13)18-15(28)14(27)12(33-18)6-32-35(30,31)34-19(29)11-5-21-9-3-1-2-4-10(9)25-11/h1-5,7-8,12,14-15,18,27-28H,6H2,(H,30,31)(H2,20,22,23)/t12-,14-,15-,18-/m1/s1. The summed E-state index contributed by atoms with van der Waals surface area (Å²) in [7, 11) is -4.95. The van der Waals surface area contributed by atoms with Crippen molar-refractivity contribution in [3.8, 4) is 0 Å². The van der Waals surface area contributed by atoms with Gasteiger partial charge in [-0.15, -0.1) is 0 Å². The maximum absolute atomic E-state index is 12.3. The van der Waals surface area contributed by atoms with Crippen LogP contribution in [0.4, 0.5) is 5.82 Å². The zero-order chi connectivity index (χ0) is 24.7. The fourth-order valence-electron chi connectivity index (χ4n) is 3.55. The van der Waals surface area contributed by atoms with Gasteiger partial charge in [0.15, 0.2) is 23.4 Å². The highest BCUT2D eigenvalue weighted by molar-refractivity contribution is 7.48. The van der Waals surface area contributed by atoms with Crippen LogP contribution in [0.5, 0.6) is 0 Å². The van der Waals surface area contributed by atoms with Crippen molar-refractivity contribution in [1.29, 1.82) is 0 Å². The summed E-state index contributed by atoms with van der Waals surface area (Å²) in [4.78, 5) is 42.3. The normalized spacial score (nSPS) is 24.0. The number of rotatable bonds is 6. The van der Waals surface area contributed by atoms with Gasteiger partial charge in [0.25, 0.3) is 0 Å². The number of nitrogens with two attached hydrogens (primary N) is 1. The predicted octanol–water partition coefficient (Wildman–Crippen LogP) is -0.0551. The third kappa shape index (κ3) is 4.43. The van der Waals surface area contributed by atoms with E-state index in [4.69, 9.17) is 15.0 Å². The Kier molecular flexibility index (Phi) is 5.88. The summed E-state index contributed by atoms with van der Waals surface area (Å²) < 4.78 is 28.7. The molecule has 3 aromatic heterocycles. The number of nitrogen functional groups attached to an aromatic ring is 1. The number of hydrogen-bond acceptors (Lipinski definition) is 13. The van der Waals surface area contributed by atoms with Gasteiger partial charge < -0.3 is 25.2 Å². The number of nitrogens with zero attached hydrogens (tertiary/aromatic N) is 6. The van der Waals surface area contributed by atoms with Crippen LogP contribution in [0.2, 0.25) is 0 Å². The van der Waals surface area contributed by atoms with Gasteiger partial charge in [0.05, 0.1) is 30.2 Å². The number of para-hydroxylation sites is 2. The molecular formula is C19H18N7O8P. The summed E-state index contributed by atoms with van der Waals surface area (Å²) in [5.74, 6) is -1.12. The van der Waals surface area contributed by atoms with E-state index in [0.29, 0.717) is 11.0 Å². The van der Waals surface area contributed by atoms with Crippen LogP contribution in [0, 0.1) is 0 Å². The first-order valence-electron chi connectivity index (χ1n) is 10.1. The summed E-state index contributed by atoms with van der Waals surface area (Å²) in [5, 5.41) is 20.8. The van der Waals surface area contributed by atoms with E-state index in [1.54, 1.807) is 24.3 Å². The fourth-order valence-corrected chi connectivity index (χ4v) is 4.25. The van der Waals surface area contributed by atoms with E-state index in [9.17, 15) is 24.5 Å². The Balaban J connectivity index is 1.25. The minimum atomic E-state index is -4.95. The zero-order valence-corrected chi connectivity index (χ0v) is 18.5. The Morgan fingerprint density at radius 2 is 1.91 bits per heavy atom. The molecule has 1 aromatic carbocycles. The minimum Gasteiger partial charge on any atom is -0.387 e. The smallest absolute Gasteiger partial charge is 0.387 e. The van der Waals surface area contributed by atoms with Crippen LogP contribution >= 0.6 is 7.82 Å². The second-order valence-corrected chi connectivity index (χ2v) is 8.89. The Hall–Kier alpha value is -3.59. The molecule has 0 spiro atoms. The first-order valence-corrected chi connectivity index (χ1v) is 11.6. The number of aromatic nitrogens is 6. The number of benzene rings is 1. The number of carbonyl (C=O) groups is 1. The van der Waals surface area contributed by atoms with Crippen molar-refractivity contribution in [2.24, 2.45) is 0 Å². The molecule has 0 aliphatic carbocycles. The summed E-state index contributed by atoms with van der Waals surface area (Å²) in [6.45, 7) is -0.692. The number of phosphoric ester groups is 1. The lowest BCUT2D eigenvalue weighted by Crippen LogP contribution is -2.33. The van der Waals surface area contributed by atoms with Crippen molar-refractivity contribution in [2.45, 2.75) is 24.5 Å². The third-order valence-electron chi connectivity index (χ3n) is 5.26. The highest BCUT2D eigenvalue weighted by atomic mass is 31.2. The summed E-state index contributed by atoms with van der Waals surface area (Å²) in [6, 6.07) is 6.72. The number of ether oxygens (including phenoxy) is 1. The maximum atomic E-state index is 12.3. The van der Waals surface area contributed by atoms with Crippen molar-refractivity contribution >= 4 is 41.8 Å². The molecule has 1 aliphatic rings. The number of aliphatic hydroxyl groups excluding tert-OH is 2. The lowest BCUT2D eigenvalue weighted by molar-refractivity contribution is -0.0508. The van der Waals surface area contributed by atoms with Crippen LogP contribution in [-0.2, 0) is 18.3 Å². The van der Waals surface area contributed by atoms with Gasteiger partial charge in [-0.3, -0.25) is 19.0 Å². The van der Waals surface area contributed by atoms with Gasteiger partial charge in [0, 0.05) is 0 Å². The summed E-state index contributed by atoms with van der Waals surface area (Å²) in [5.41, 5.74) is 6.87. The molecule has 0 radical (unpaired) electrons. The van der Waals surface area contributed by atoms with Crippen molar-refractivity contribution in [3.63, 3.8) is 0 Å². The van der Waals surface area contributed by atoms with E-state index in [1.807, 2.05) is 0 Å². The molecule has 5 rings (SSSR count). The molecule has 1 unspecified atom stereocenters. The number of anilines is 1. The SMILES string of the molecule is Nc1ncnc2c1ncn2[C@@H]1O[C@H](COP(=O)(O)OC(=O)c2cnc3ccccc3n2)[C@@H](O)[C@H]1O. The first kappa shape index (κ1) is 23.2. The van der Waals surface area contributed by atoms with Gasteiger partial charge in [-0.2, -0.15) is 0 Å². The Labute approximate surface area is 195 Å². The quantitative estimate of drug-likeness (QED) is 0.254. The number of hydrogen-bond donors (Lipinski definition) is 4. The topological polar surface area (TPSA) is 218 Å². The van der Waals surface area contributed by atoms with Crippen LogP contribution in [0.3, 0.4) is 0 Å². The number of carbonyl (C=O) groups excluding carboxylic acids is 1. The van der Waals surface area contributed by atoms with Crippen molar-refractivity contribution in [2.75, 3.05) is 12.3 Å². The monoisotopic (exact) mass is 503 g/mol. The molecule has 1 fully saturated rings. The van der Waals surface area contributed by atoms with E-state index in [0.717, 1.165) is 6.20 Å². The molecule has 0 bridgehead atoms. The highest BCUT2D eigenvalue weighted by Crippen LogP contribution is 2.45. The molecular weight excluding hydrogens is 485 g/mol. The number of imidazole rings is 1. The first-order chi connectivity index (χ1) is 16.7. The molecule has 16 heteroatoms. The van der Waals surface area contributed by atoms with Gasteiger partial charge >= 0.3 is 13.8 Å². The van der Waals surface area contributed by atoms with E-state index >= 15 is 0 Å². The maximum Gasteiger partial charge on any atom is 0.529 e. The fraction of sp³-hybridized carbons (Fsp3) is 0.263. The second kappa shape index (κ2) is 8.88. The molecule has 182 valence electrons. The van der Waals surface area contributed by atoms with Crippen LogP contribution in [-0.4, -0.2) is 75.5 Å². The summed E-state index contributed by atoms with van der Waals surface area (Å²) >= 11 is 0. The average molecular weight is 503 g/mol.